The molecular weight excluding hydrogens is 282 g/mol. The predicted molar refractivity (Wildman–Crippen MR) is 94.3 cm³/mol. The molecule has 3 rings (SSSR count). The molecule has 1 fully saturated rings. The fourth-order valence-corrected chi connectivity index (χ4v) is 4.31. The Bertz CT molecular complexity index is 651. The first-order valence-electron chi connectivity index (χ1n) is 8.38. The first kappa shape index (κ1) is 15.9. The standard InChI is InChI=1S/C21H26NO/c1-16-15-22(3,4)17(2)20(23)21(16,18-11-7-5-8-12-18)19-13-9-6-10-14-19/h5-14,16-17H,15H2,1-4H3/q+1/t16-,17+/m0/s1. The highest BCUT2D eigenvalue weighted by Crippen LogP contribution is 2.46. The third-order valence-electron chi connectivity index (χ3n) is 5.76. The average Bonchev–Trinajstić information content (AvgIpc) is 2.55. The Labute approximate surface area is 139 Å². The molecule has 2 atom stereocenters. The summed E-state index contributed by atoms with van der Waals surface area (Å²) in [5.41, 5.74) is 1.70. The van der Waals surface area contributed by atoms with Crippen LogP contribution in [0.15, 0.2) is 60.7 Å². The zero-order chi connectivity index (χ0) is 16.7. The number of hydrogen-bond acceptors (Lipinski definition) is 1. The van der Waals surface area contributed by atoms with E-state index in [4.69, 9.17) is 0 Å². The molecule has 2 nitrogen and oxygen atoms in total. The minimum Gasteiger partial charge on any atom is -0.320 e. The number of piperidine rings is 1. The number of nitrogens with zero attached hydrogens (tertiary/aromatic N) is 1. The summed E-state index contributed by atoms with van der Waals surface area (Å²) in [7, 11) is 4.33. The molecule has 0 bridgehead atoms. The number of quaternary nitrogens is 1. The average molecular weight is 308 g/mol. The van der Waals surface area contributed by atoms with Crippen LogP contribution in [0, 0.1) is 5.92 Å². The summed E-state index contributed by atoms with van der Waals surface area (Å²) >= 11 is 0. The van der Waals surface area contributed by atoms with E-state index in [0.717, 1.165) is 22.2 Å². The topological polar surface area (TPSA) is 17.1 Å². The van der Waals surface area contributed by atoms with E-state index >= 15 is 0 Å². The maximum atomic E-state index is 13.7. The minimum atomic E-state index is -0.546. The molecular formula is C21H26NO+. The lowest BCUT2D eigenvalue weighted by atomic mass is 9.59. The van der Waals surface area contributed by atoms with Crippen molar-refractivity contribution in [1.82, 2.24) is 0 Å². The molecule has 2 heteroatoms. The Morgan fingerprint density at radius 3 is 1.74 bits per heavy atom. The van der Waals surface area contributed by atoms with E-state index < -0.39 is 5.41 Å². The van der Waals surface area contributed by atoms with E-state index in [1.54, 1.807) is 0 Å². The highest BCUT2D eigenvalue weighted by atomic mass is 16.1. The van der Waals surface area contributed by atoms with E-state index in [0.29, 0.717) is 5.78 Å². The predicted octanol–water partition coefficient (Wildman–Crippen LogP) is 3.66. The summed E-state index contributed by atoms with van der Waals surface area (Å²) in [5, 5.41) is 0. The van der Waals surface area contributed by atoms with Gasteiger partial charge in [-0.2, -0.15) is 0 Å². The fourth-order valence-electron chi connectivity index (χ4n) is 4.31. The number of likely N-dealkylation sites (tertiary alicyclic amines) is 1. The molecule has 2 aromatic carbocycles. The fraction of sp³-hybridized carbons (Fsp3) is 0.381. The molecule has 1 aliphatic heterocycles. The zero-order valence-electron chi connectivity index (χ0n) is 14.5. The van der Waals surface area contributed by atoms with Gasteiger partial charge in [-0.25, -0.2) is 0 Å². The molecule has 1 aliphatic rings. The van der Waals surface area contributed by atoms with Gasteiger partial charge in [0, 0.05) is 5.92 Å². The first-order valence-corrected chi connectivity index (χ1v) is 8.38. The van der Waals surface area contributed by atoms with E-state index in [-0.39, 0.29) is 12.0 Å². The Balaban J connectivity index is 2.27. The minimum absolute atomic E-state index is 0.0217. The molecule has 0 unspecified atom stereocenters. The van der Waals surface area contributed by atoms with Crippen molar-refractivity contribution in [3.8, 4) is 0 Å². The van der Waals surface area contributed by atoms with Crippen molar-refractivity contribution in [3.05, 3.63) is 71.8 Å². The molecule has 0 amide bonds. The lowest BCUT2D eigenvalue weighted by Crippen LogP contribution is -2.66. The van der Waals surface area contributed by atoms with Crippen molar-refractivity contribution in [2.45, 2.75) is 25.3 Å². The maximum Gasteiger partial charge on any atom is 0.204 e. The van der Waals surface area contributed by atoms with Crippen molar-refractivity contribution in [2.75, 3.05) is 20.6 Å². The Kier molecular flexibility index (Phi) is 3.89. The van der Waals surface area contributed by atoms with Crippen LogP contribution in [0.2, 0.25) is 0 Å². The van der Waals surface area contributed by atoms with Crippen molar-refractivity contribution in [3.63, 3.8) is 0 Å². The molecule has 23 heavy (non-hydrogen) atoms. The molecule has 0 spiro atoms. The molecule has 0 aliphatic carbocycles. The number of hydrogen-bond donors (Lipinski definition) is 0. The van der Waals surface area contributed by atoms with Crippen molar-refractivity contribution < 1.29 is 9.28 Å². The normalized spacial score (nSPS) is 26.0. The summed E-state index contributed by atoms with van der Waals surface area (Å²) in [6, 6.07) is 20.6. The largest absolute Gasteiger partial charge is 0.320 e. The molecule has 0 radical (unpaired) electrons. The second-order valence-electron chi connectivity index (χ2n) is 7.44. The number of Topliss-reactive ketones (excluding diaryl/α,β-unsaturated/α-hetero) is 1. The second-order valence-corrected chi connectivity index (χ2v) is 7.44. The van der Waals surface area contributed by atoms with Gasteiger partial charge in [-0.05, 0) is 18.1 Å². The summed E-state index contributed by atoms with van der Waals surface area (Å²) in [5.74, 6) is 0.574. The van der Waals surface area contributed by atoms with Crippen LogP contribution in [0.1, 0.15) is 25.0 Å². The van der Waals surface area contributed by atoms with Crippen molar-refractivity contribution in [1.29, 1.82) is 0 Å². The van der Waals surface area contributed by atoms with Crippen LogP contribution >= 0.6 is 0 Å². The molecule has 0 saturated carbocycles. The van der Waals surface area contributed by atoms with Gasteiger partial charge in [-0.1, -0.05) is 67.6 Å². The van der Waals surface area contributed by atoms with E-state index in [9.17, 15) is 4.79 Å². The summed E-state index contributed by atoms with van der Waals surface area (Å²) in [6.07, 6.45) is 0. The van der Waals surface area contributed by atoms with Crippen LogP contribution in [0.3, 0.4) is 0 Å². The van der Waals surface area contributed by atoms with Crippen molar-refractivity contribution >= 4 is 5.78 Å². The second kappa shape index (κ2) is 5.61. The number of carbonyl (C=O) groups excluding carboxylic acids is 1. The molecule has 120 valence electrons. The van der Waals surface area contributed by atoms with Gasteiger partial charge < -0.3 is 4.48 Å². The van der Waals surface area contributed by atoms with Gasteiger partial charge in [0.05, 0.1) is 26.1 Å². The molecule has 0 N–H and O–H groups in total. The summed E-state index contributed by atoms with van der Waals surface area (Å²) in [4.78, 5) is 13.7. The van der Waals surface area contributed by atoms with Crippen LogP contribution in [-0.2, 0) is 10.2 Å². The maximum absolute atomic E-state index is 13.7. The lowest BCUT2D eigenvalue weighted by molar-refractivity contribution is -0.910. The highest BCUT2D eigenvalue weighted by Gasteiger charge is 2.57. The van der Waals surface area contributed by atoms with Gasteiger partial charge in [0.2, 0.25) is 5.78 Å². The van der Waals surface area contributed by atoms with Gasteiger partial charge >= 0.3 is 0 Å². The Morgan fingerprint density at radius 2 is 1.30 bits per heavy atom. The third kappa shape index (κ3) is 2.33. The SMILES string of the molecule is C[C@@H]1C(=O)C(c2ccccc2)(c2ccccc2)[C@@H](C)C[N+]1(C)C. The van der Waals surface area contributed by atoms with Gasteiger partial charge in [0.1, 0.15) is 6.04 Å². The number of likely N-dealkylation sites (N-methyl/N-ethyl adjacent to an activating group) is 1. The number of rotatable bonds is 2. The number of carbonyl (C=O) groups is 1. The summed E-state index contributed by atoms with van der Waals surface area (Å²) < 4.78 is 0.751. The number of ketones is 1. The zero-order valence-corrected chi connectivity index (χ0v) is 14.5. The Hall–Kier alpha value is -1.93. The number of benzene rings is 2. The molecule has 0 aromatic heterocycles. The molecule has 1 heterocycles. The smallest absolute Gasteiger partial charge is 0.204 e. The van der Waals surface area contributed by atoms with Crippen LogP contribution in [0.5, 0.6) is 0 Å². The van der Waals surface area contributed by atoms with E-state index in [2.05, 4.69) is 52.2 Å². The van der Waals surface area contributed by atoms with Gasteiger partial charge in [-0.3, -0.25) is 4.79 Å². The van der Waals surface area contributed by atoms with Gasteiger partial charge in [-0.15, -0.1) is 0 Å². The van der Waals surface area contributed by atoms with Crippen LogP contribution in [-0.4, -0.2) is 36.9 Å². The van der Waals surface area contributed by atoms with Crippen LogP contribution in [0.25, 0.3) is 0 Å². The van der Waals surface area contributed by atoms with E-state index in [1.165, 1.54) is 0 Å². The van der Waals surface area contributed by atoms with Crippen LogP contribution in [0.4, 0.5) is 0 Å². The van der Waals surface area contributed by atoms with Gasteiger partial charge in [0.25, 0.3) is 0 Å². The Morgan fingerprint density at radius 1 is 0.870 bits per heavy atom. The van der Waals surface area contributed by atoms with Crippen molar-refractivity contribution in [2.24, 2.45) is 5.92 Å². The third-order valence-corrected chi connectivity index (χ3v) is 5.76. The lowest BCUT2D eigenvalue weighted by Gasteiger charge is -2.51. The molecule has 1 saturated heterocycles. The highest BCUT2D eigenvalue weighted by molar-refractivity contribution is 5.97. The summed E-state index contributed by atoms with van der Waals surface area (Å²) in [6.45, 7) is 5.29. The van der Waals surface area contributed by atoms with Crippen LogP contribution < -0.4 is 0 Å². The first-order chi connectivity index (χ1) is 10.9. The van der Waals surface area contributed by atoms with E-state index in [1.807, 2.05) is 36.4 Å². The quantitative estimate of drug-likeness (QED) is 0.774. The monoisotopic (exact) mass is 308 g/mol. The molecule has 2 aromatic rings. The van der Waals surface area contributed by atoms with Gasteiger partial charge in [0.15, 0.2) is 0 Å².